The summed E-state index contributed by atoms with van der Waals surface area (Å²) < 4.78 is 47.3. The van der Waals surface area contributed by atoms with Gasteiger partial charge in [-0.25, -0.2) is 4.79 Å². The number of aryl methyl sites for hydroxylation is 2. The van der Waals surface area contributed by atoms with Crippen LogP contribution in [0.4, 0.5) is 29.3 Å². The van der Waals surface area contributed by atoms with Crippen LogP contribution in [0.3, 0.4) is 0 Å². The maximum atomic E-state index is 12.9. The van der Waals surface area contributed by atoms with Crippen molar-refractivity contribution >= 4 is 29.3 Å². The smallest absolute Gasteiger partial charge is 0.444 e. The van der Waals surface area contributed by atoms with Gasteiger partial charge >= 0.3 is 12.5 Å². The molecule has 0 spiro atoms. The molecule has 0 bridgehead atoms. The maximum absolute atomic E-state index is 12.9. The summed E-state index contributed by atoms with van der Waals surface area (Å²) in [4.78, 5) is 39.9. The number of benzene rings is 3. The van der Waals surface area contributed by atoms with Crippen LogP contribution in [0.2, 0.25) is 0 Å². The Morgan fingerprint density at radius 2 is 1.29 bits per heavy atom. The highest BCUT2D eigenvalue weighted by Crippen LogP contribution is 2.30. The Balaban J connectivity index is 0.000000249. The van der Waals surface area contributed by atoms with E-state index in [0.29, 0.717) is 69.7 Å². The van der Waals surface area contributed by atoms with Gasteiger partial charge in [-0.2, -0.15) is 0 Å². The molecular formula is C41H55F3N6O5. The lowest BCUT2D eigenvalue weighted by Gasteiger charge is -2.38. The lowest BCUT2D eigenvalue weighted by Crippen LogP contribution is -2.61. The van der Waals surface area contributed by atoms with E-state index in [1.807, 2.05) is 53.4 Å². The minimum atomic E-state index is -4.74. The molecule has 2 saturated heterocycles. The quantitative estimate of drug-likeness (QED) is 0.150. The minimum absolute atomic E-state index is 0.205. The number of para-hydroxylation sites is 1. The predicted molar refractivity (Wildman–Crippen MR) is 208 cm³/mol. The number of carbonyl (C=O) groups excluding carboxylic acids is 3. The predicted octanol–water partition coefficient (Wildman–Crippen LogP) is 6.91. The molecule has 5 rings (SSSR count). The van der Waals surface area contributed by atoms with E-state index in [4.69, 9.17) is 10.5 Å². The summed E-state index contributed by atoms with van der Waals surface area (Å²) in [6, 6.07) is 21.5. The highest BCUT2D eigenvalue weighted by Gasteiger charge is 2.42. The lowest BCUT2D eigenvalue weighted by atomic mass is 9.87. The van der Waals surface area contributed by atoms with Crippen LogP contribution in [-0.2, 0) is 33.7 Å². The van der Waals surface area contributed by atoms with Crippen LogP contribution in [0.5, 0.6) is 5.75 Å². The molecule has 3 aromatic rings. The number of hydrogen-bond donors (Lipinski definition) is 5. The number of piperidine rings is 2. The van der Waals surface area contributed by atoms with Gasteiger partial charge < -0.3 is 36.5 Å². The van der Waals surface area contributed by atoms with Crippen LogP contribution < -0.4 is 31.7 Å². The Labute approximate surface area is 321 Å². The Hall–Kier alpha value is -4.66. The zero-order valence-corrected chi connectivity index (χ0v) is 32.4. The Bertz CT molecular complexity index is 1710. The number of nitrogens with one attached hydrogen (secondary N) is 4. The van der Waals surface area contributed by atoms with Crippen molar-refractivity contribution in [3.63, 3.8) is 0 Å². The lowest BCUT2D eigenvalue weighted by molar-refractivity contribution is -0.275. The monoisotopic (exact) mass is 768 g/mol. The Morgan fingerprint density at radius 1 is 0.782 bits per heavy atom. The van der Waals surface area contributed by atoms with Crippen molar-refractivity contribution in [1.82, 2.24) is 15.5 Å². The standard InChI is InChI=1S/C22H26F3N3O2.C19H29N3O3/c1-2-16-7-9-18(10-8-16)27-20(29)21(26)11-13-28(14-12-21)15-17-5-3-4-6-19(17)30-22(23,24)25;1-5-14-6-8-15(9-7-14)21-16(23)19(10-12-20-13-11-19)22-17(24)25-18(2,3)4/h3-10H,2,11-15,26H2,1H3,(H,27,29);6-9,20H,5,10-13H2,1-4H3,(H,21,23)(H,22,24). The van der Waals surface area contributed by atoms with Crippen LogP contribution >= 0.6 is 0 Å². The molecule has 0 saturated carbocycles. The van der Waals surface area contributed by atoms with Gasteiger partial charge in [0.05, 0.1) is 5.54 Å². The molecule has 3 aromatic carbocycles. The fourth-order valence-electron chi connectivity index (χ4n) is 6.35. The molecule has 55 heavy (non-hydrogen) atoms. The molecule has 2 fully saturated rings. The molecular weight excluding hydrogens is 713 g/mol. The first-order chi connectivity index (χ1) is 25.9. The number of rotatable bonds is 10. The number of carbonyl (C=O) groups is 3. The summed E-state index contributed by atoms with van der Waals surface area (Å²) in [7, 11) is 0. The van der Waals surface area contributed by atoms with Crippen LogP contribution in [0.15, 0.2) is 72.8 Å². The SMILES string of the molecule is CCc1ccc(NC(=O)C2(N)CCN(Cc3ccccc3OC(F)(F)F)CC2)cc1.CCc1ccc(NC(=O)C2(NC(=O)OC(C)(C)C)CCNCC2)cc1. The summed E-state index contributed by atoms with van der Waals surface area (Å²) >= 11 is 0. The number of nitrogens with zero attached hydrogens (tertiary/aromatic N) is 1. The van der Waals surface area contributed by atoms with E-state index >= 15 is 0 Å². The van der Waals surface area contributed by atoms with Crippen molar-refractivity contribution in [1.29, 1.82) is 0 Å². The van der Waals surface area contributed by atoms with Gasteiger partial charge in [-0.15, -0.1) is 13.2 Å². The Kier molecular flexibility index (Phi) is 14.7. The second kappa shape index (κ2) is 18.8. The number of hydrogen-bond acceptors (Lipinski definition) is 8. The number of ether oxygens (including phenoxy) is 2. The van der Waals surface area contributed by atoms with Crippen LogP contribution in [0.1, 0.15) is 77.0 Å². The van der Waals surface area contributed by atoms with Gasteiger partial charge in [-0.3, -0.25) is 14.5 Å². The molecule has 11 nitrogen and oxygen atoms in total. The molecule has 0 aromatic heterocycles. The van der Waals surface area contributed by atoms with E-state index in [2.05, 4.69) is 39.9 Å². The zero-order valence-electron chi connectivity index (χ0n) is 32.4. The number of nitrogens with two attached hydrogens (primary N) is 1. The van der Waals surface area contributed by atoms with Crippen LogP contribution in [0, 0.1) is 0 Å². The van der Waals surface area contributed by atoms with E-state index in [1.54, 1.807) is 32.9 Å². The molecule has 2 heterocycles. The van der Waals surface area contributed by atoms with Gasteiger partial charge in [0.15, 0.2) is 0 Å². The normalized spacial score (nSPS) is 16.8. The number of alkyl carbamates (subject to hydrolysis) is 1. The van der Waals surface area contributed by atoms with Crippen molar-refractivity contribution in [2.45, 2.75) is 103 Å². The molecule has 14 heteroatoms. The Morgan fingerprint density at radius 3 is 1.78 bits per heavy atom. The van der Waals surface area contributed by atoms with Gasteiger partial charge in [0.25, 0.3) is 0 Å². The first-order valence-corrected chi connectivity index (χ1v) is 18.8. The van der Waals surface area contributed by atoms with E-state index in [9.17, 15) is 27.6 Å². The second-order valence-electron chi connectivity index (χ2n) is 15.1. The number of anilines is 2. The number of likely N-dealkylation sites (tertiary alicyclic amines) is 1. The highest BCUT2D eigenvalue weighted by molar-refractivity contribution is 6.00. The molecule has 2 aliphatic heterocycles. The maximum Gasteiger partial charge on any atom is 0.573 e. The van der Waals surface area contributed by atoms with Crippen molar-refractivity contribution in [2.24, 2.45) is 5.73 Å². The van der Waals surface area contributed by atoms with Crippen molar-refractivity contribution in [3.05, 3.63) is 89.5 Å². The molecule has 3 amide bonds. The van der Waals surface area contributed by atoms with Gasteiger partial charge in [0, 0.05) is 36.6 Å². The van der Waals surface area contributed by atoms with Gasteiger partial charge in [-0.1, -0.05) is 56.3 Å². The number of amides is 3. The third-order valence-corrected chi connectivity index (χ3v) is 9.66. The van der Waals surface area contributed by atoms with E-state index < -0.39 is 29.1 Å². The third kappa shape index (κ3) is 13.3. The average Bonchev–Trinajstić information content (AvgIpc) is 3.13. The van der Waals surface area contributed by atoms with Crippen molar-refractivity contribution in [2.75, 3.05) is 36.8 Å². The topological polar surface area (TPSA) is 147 Å². The minimum Gasteiger partial charge on any atom is -0.444 e. The van der Waals surface area contributed by atoms with E-state index in [1.165, 1.54) is 23.3 Å². The molecule has 0 atom stereocenters. The molecule has 300 valence electrons. The summed E-state index contributed by atoms with van der Waals surface area (Å²) in [5, 5.41) is 11.9. The van der Waals surface area contributed by atoms with E-state index in [0.717, 1.165) is 18.5 Å². The molecule has 2 aliphatic rings. The highest BCUT2D eigenvalue weighted by atomic mass is 19.4. The van der Waals surface area contributed by atoms with E-state index in [-0.39, 0.29) is 17.6 Å². The third-order valence-electron chi connectivity index (χ3n) is 9.66. The average molecular weight is 769 g/mol. The first kappa shape index (κ1) is 43.1. The van der Waals surface area contributed by atoms with Crippen molar-refractivity contribution in [3.8, 4) is 5.75 Å². The van der Waals surface area contributed by atoms with Crippen LogP contribution in [0.25, 0.3) is 0 Å². The van der Waals surface area contributed by atoms with Crippen molar-refractivity contribution < 1.29 is 37.0 Å². The molecule has 0 unspecified atom stereocenters. The fraction of sp³-hybridized carbons (Fsp3) is 0.488. The summed E-state index contributed by atoms with van der Waals surface area (Å²) in [6.45, 7) is 12.2. The zero-order chi connectivity index (χ0) is 40.3. The summed E-state index contributed by atoms with van der Waals surface area (Å²) in [5.74, 6) is -0.654. The van der Waals surface area contributed by atoms with Gasteiger partial charge in [0.1, 0.15) is 16.9 Å². The first-order valence-electron chi connectivity index (χ1n) is 18.8. The molecule has 6 N–H and O–H groups in total. The van der Waals surface area contributed by atoms with Gasteiger partial charge in [0.2, 0.25) is 11.8 Å². The van der Waals surface area contributed by atoms with Crippen LogP contribution in [-0.4, -0.2) is 72.0 Å². The molecule has 0 aliphatic carbocycles. The number of alkyl halides is 3. The fourth-order valence-corrected chi connectivity index (χ4v) is 6.35. The summed E-state index contributed by atoms with van der Waals surface area (Å²) in [5.41, 5.74) is 8.04. The largest absolute Gasteiger partial charge is 0.573 e. The summed E-state index contributed by atoms with van der Waals surface area (Å²) in [6.07, 6.45) is -1.58. The number of halogens is 3. The van der Waals surface area contributed by atoms with Gasteiger partial charge in [-0.05, 0) is 114 Å². The molecule has 0 radical (unpaired) electrons. The second-order valence-corrected chi connectivity index (χ2v) is 15.1.